The fourth-order valence-corrected chi connectivity index (χ4v) is 1.33. The largest absolute Gasteiger partial charge is 0.369 e. The Morgan fingerprint density at radius 3 is 3.00 bits per heavy atom. The Morgan fingerprint density at radius 2 is 2.32 bits per heavy atom. The molecule has 1 aromatic heterocycles. The van der Waals surface area contributed by atoms with Crippen LogP contribution in [0.5, 0.6) is 0 Å². The number of pyridine rings is 1. The molecule has 0 bridgehead atoms. The molecule has 0 unspecified atom stereocenters. The number of allylic oxidation sites excluding steroid dienone is 1. The highest BCUT2D eigenvalue weighted by atomic mass is 16.2. The molecule has 1 heterocycles. The van der Waals surface area contributed by atoms with Gasteiger partial charge in [0, 0.05) is 11.9 Å². The summed E-state index contributed by atoms with van der Waals surface area (Å²) in [5, 5.41) is 2.14. The van der Waals surface area contributed by atoms with E-state index in [9.17, 15) is 4.79 Å². The smallest absolute Gasteiger partial charge is 0.318 e. The van der Waals surface area contributed by atoms with E-state index in [1.807, 2.05) is 24.3 Å². The van der Waals surface area contributed by atoms with E-state index >= 15 is 0 Å². The van der Waals surface area contributed by atoms with E-state index in [-0.39, 0.29) is 5.96 Å². The molecule has 0 aromatic carbocycles. The van der Waals surface area contributed by atoms with Gasteiger partial charge in [0.05, 0.1) is 6.20 Å². The highest BCUT2D eigenvalue weighted by molar-refractivity contribution is 5.94. The number of amides is 2. The molecule has 0 radical (unpaired) electrons. The number of urea groups is 1. The van der Waals surface area contributed by atoms with Gasteiger partial charge in [0.25, 0.3) is 0 Å². The van der Waals surface area contributed by atoms with Crippen LogP contribution < -0.4 is 16.8 Å². The maximum atomic E-state index is 10.4. The van der Waals surface area contributed by atoms with Crippen LogP contribution in [-0.4, -0.2) is 17.0 Å². The molecule has 0 saturated heterocycles. The second kappa shape index (κ2) is 8.49. The van der Waals surface area contributed by atoms with Crippen molar-refractivity contribution in [3.05, 3.63) is 48.1 Å². The quantitative estimate of drug-likeness (QED) is 0.318. The third-order valence-electron chi connectivity index (χ3n) is 2.15. The molecule has 100 valence electrons. The first-order valence-corrected chi connectivity index (χ1v) is 5.87. The van der Waals surface area contributed by atoms with Crippen LogP contribution >= 0.6 is 0 Å². The Balaban J connectivity index is 2.25. The van der Waals surface area contributed by atoms with Gasteiger partial charge in [-0.05, 0) is 37.5 Å². The topological polar surface area (TPSA) is 106 Å². The third kappa shape index (κ3) is 7.36. The number of aliphatic imine (C=N–C) groups is 1. The number of unbranched alkanes of at least 4 members (excludes halogenated alkanes) is 1. The number of aryl methyl sites for hydroxylation is 1. The molecule has 5 N–H and O–H groups in total. The van der Waals surface area contributed by atoms with Gasteiger partial charge >= 0.3 is 6.03 Å². The molecule has 0 fully saturated rings. The number of nitrogens with zero attached hydrogens (tertiary/aromatic N) is 2. The van der Waals surface area contributed by atoms with Gasteiger partial charge in [-0.1, -0.05) is 6.07 Å². The Hall–Kier alpha value is -2.59. The van der Waals surface area contributed by atoms with Crippen LogP contribution in [0.3, 0.4) is 0 Å². The van der Waals surface area contributed by atoms with Crippen LogP contribution in [0.2, 0.25) is 0 Å². The molecule has 6 heteroatoms. The van der Waals surface area contributed by atoms with Crippen LogP contribution in [0.4, 0.5) is 4.79 Å². The molecule has 0 aliphatic heterocycles. The zero-order valence-corrected chi connectivity index (χ0v) is 10.5. The van der Waals surface area contributed by atoms with Crippen LogP contribution in [0, 0.1) is 0 Å². The van der Waals surface area contributed by atoms with Crippen molar-refractivity contribution in [3.8, 4) is 0 Å². The number of primary amides is 1. The van der Waals surface area contributed by atoms with E-state index in [1.54, 1.807) is 6.20 Å². The first-order valence-electron chi connectivity index (χ1n) is 5.87. The molecule has 0 aliphatic carbocycles. The monoisotopic (exact) mass is 259 g/mol. The minimum absolute atomic E-state index is 0.0538. The molecule has 0 spiro atoms. The summed E-state index contributed by atoms with van der Waals surface area (Å²) in [6, 6.07) is 5.13. The van der Waals surface area contributed by atoms with Crippen LogP contribution in [0.15, 0.2) is 47.4 Å². The lowest BCUT2D eigenvalue weighted by atomic mass is 10.2. The van der Waals surface area contributed by atoms with E-state index in [4.69, 9.17) is 11.5 Å². The first-order chi connectivity index (χ1) is 9.18. The van der Waals surface area contributed by atoms with Crippen molar-refractivity contribution in [1.29, 1.82) is 0 Å². The highest BCUT2D eigenvalue weighted by Gasteiger charge is 1.92. The van der Waals surface area contributed by atoms with Crippen molar-refractivity contribution >= 4 is 12.0 Å². The molecular formula is C13H17N5O. The van der Waals surface area contributed by atoms with Crippen molar-refractivity contribution in [2.24, 2.45) is 16.5 Å². The zero-order valence-electron chi connectivity index (χ0n) is 10.5. The third-order valence-corrected chi connectivity index (χ3v) is 2.15. The van der Waals surface area contributed by atoms with E-state index in [1.165, 1.54) is 6.20 Å². The maximum absolute atomic E-state index is 10.4. The van der Waals surface area contributed by atoms with Gasteiger partial charge in [-0.15, -0.1) is 5.73 Å². The Kier molecular flexibility index (Phi) is 6.47. The molecule has 0 aliphatic rings. The van der Waals surface area contributed by atoms with Gasteiger partial charge in [-0.25, -0.2) is 9.79 Å². The number of aromatic nitrogens is 1. The standard InChI is InChI=1S/C13H17N5O/c14-12(18-13(15)19)17-10-5-2-1-3-7-11-8-4-6-9-16-11/h2,4,6,8-10H,1,3,7H2,(H5,14,15,17,18,19). The Labute approximate surface area is 111 Å². The highest BCUT2D eigenvalue weighted by Crippen LogP contribution is 2.01. The van der Waals surface area contributed by atoms with E-state index in [2.05, 4.69) is 21.0 Å². The summed E-state index contributed by atoms with van der Waals surface area (Å²) in [5.74, 6) is -0.0538. The van der Waals surface area contributed by atoms with Gasteiger partial charge in [-0.2, -0.15) is 0 Å². The van der Waals surface area contributed by atoms with Crippen LogP contribution in [-0.2, 0) is 6.42 Å². The molecule has 1 aromatic rings. The molecule has 1 rings (SSSR count). The number of hydrogen-bond donors (Lipinski definition) is 3. The number of nitrogens with one attached hydrogen (secondary N) is 1. The van der Waals surface area contributed by atoms with Crippen molar-refractivity contribution < 1.29 is 4.79 Å². The van der Waals surface area contributed by atoms with E-state index < -0.39 is 6.03 Å². The lowest BCUT2D eigenvalue weighted by molar-refractivity contribution is 0.253. The lowest BCUT2D eigenvalue weighted by Crippen LogP contribution is -2.39. The second-order valence-electron chi connectivity index (χ2n) is 3.72. The number of hydrogen-bond acceptors (Lipinski definition) is 3. The minimum Gasteiger partial charge on any atom is -0.369 e. The number of nitrogens with two attached hydrogens (primary N) is 2. The summed E-state index contributed by atoms with van der Waals surface area (Å²) < 4.78 is 0. The summed E-state index contributed by atoms with van der Waals surface area (Å²) in [6.45, 7) is 0. The van der Waals surface area contributed by atoms with Gasteiger partial charge in [0.15, 0.2) is 0 Å². The predicted molar refractivity (Wildman–Crippen MR) is 74.2 cm³/mol. The van der Waals surface area contributed by atoms with Gasteiger partial charge < -0.3 is 11.5 Å². The second-order valence-corrected chi connectivity index (χ2v) is 3.72. The molecule has 2 amide bonds. The maximum Gasteiger partial charge on any atom is 0.318 e. The number of carbonyl (C=O) groups excluding carboxylic acids is 1. The zero-order chi connectivity index (χ0) is 13.9. The fourth-order valence-electron chi connectivity index (χ4n) is 1.33. The average Bonchev–Trinajstić information content (AvgIpc) is 2.38. The number of rotatable bonds is 5. The van der Waals surface area contributed by atoms with Crippen LogP contribution in [0.1, 0.15) is 18.5 Å². The molecular weight excluding hydrogens is 242 g/mol. The normalized spacial score (nSPS) is 10.4. The summed E-state index contributed by atoms with van der Waals surface area (Å²) in [7, 11) is 0. The summed E-state index contributed by atoms with van der Waals surface area (Å²) in [4.78, 5) is 18.4. The Bertz CT molecular complexity index is 489. The van der Waals surface area contributed by atoms with Gasteiger partial charge in [0.1, 0.15) is 0 Å². The predicted octanol–water partition coefficient (Wildman–Crippen LogP) is 1.06. The van der Waals surface area contributed by atoms with Gasteiger partial charge in [-0.3, -0.25) is 10.3 Å². The molecule has 0 saturated carbocycles. The fraction of sp³-hybridized carbons (Fsp3) is 0.231. The SMILES string of the molecule is NC(=O)NC(N)=NC=C=CCCCc1ccccn1. The molecule has 6 nitrogen and oxygen atoms in total. The van der Waals surface area contributed by atoms with E-state index in [0.717, 1.165) is 25.0 Å². The summed E-state index contributed by atoms with van der Waals surface area (Å²) >= 11 is 0. The Morgan fingerprint density at radius 1 is 1.47 bits per heavy atom. The van der Waals surface area contributed by atoms with Crippen molar-refractivity contribution in [3.63, 3.8) is 0 Å². The minimum atomic E-state index is -0.742. The van der Waals surface area contributed by atoms with Gasteiger partial charge in [0.2, 0.25) is 5.96 Å². The molecule has 19 heavy (non-hydrogen) atoms. The summed E-state index contributed by atoms with van der Waals surface area (Å²) in [6.07, 6.45) is 7.79. The van der Waals surface area contributed by atoms with Crippen molar-refractivity contribution in [2.45, 2.75) is 19.3 Å². The van der Waals surface area contributed by atoms with E-state index in [0.29, 0.717) is 0 Å². The summed E-state index contributed by atoms with van der Waals surface area (Å²) in [5.41, 5.74) is 14.1. The number of carbonyl (C=O) groups is 1. The van der Waals surface area contributed by atoms with Crippen molar-refractivity contribution in [2.75, 3.05) is 0 Å². The van der Waals surface area contributed by atoms with Crippen LogP contribution in [0.25, 0.3) is 0 Å². The molecule has 0 atom stereocenters. The first kappa shape index (κ1) is 14.5. The van der Waals surface area contributed by atoms with Crippen molar-refractivity contribution in [1.82, 2.24) is 10.3 Å². The lowest BCUT2D eigenvalue weighted by Gasteiger charge is -1.96. The average molecular weight is 259 g/mol. The number of guanidine groups is 1.